The van der Waals surface area contributed by atoms with Crippen LogP contribution in [0.25, 0.3) is 0 Å². The Kier molecular flexibility index (Phi) is 7.04. The van der Waals surface area contributed by atoms with Gasteiger partial charge in [0.1, 0.15) is 0 Å². The quantitative estimate of drug-likeness (QED) is 0.341. The van der Waals surface area contributed by atoms with Crippen LogP contribution in [0.1, 0.15) is 13.8 Å². The predicted octanol–water partition coefficient (Wildman–Crippen LogP) is 2.35. The Morgan fingerprint density at radius 1 is 0.789 bits per heavy atom. The summed E-state index contributed by atoms with van der Waals surface area (Å²) in [7, 11) is 0. The van der Waals surface area contributed by atoms with Crippen molar-refractivity contribution in [2.45, 2.75) is 26.6 Å². The first kappa shape index (κ1) is 19.4. The Labute approximate surface area is 129 Å². The number of hydrogen-bond donors (Lipinski definition) is 0. The van der Waals surface area contributed by atoms with Crippen LogP contribution < -0.4 is 0 Å². The van der Waals surface area contributed by atoms with Gasteiger partial charge in [0.05, 0.1) is 0 Å². The van der Waals surface area contributed by atoms with E-state index in [9.17, 15) is 35.9 Å². The standard InChI is InChI=1S/C3F6.2C2H4O2.2Hg/c4-2(5,6)1-3(7,8)9;2*1-2(3)4;;/h;2*1H3,(H,3,4);;/q;;;2*+1/p-2. The van der Waals surface area contributed by atoms with Gasteiger partial charge in [-0.1, -0.05) is 0 Å². The second-order valence-electron chi connectivity index (χ2n) is 3.64. The van der Waals surface area contributed by atoms with Gasteiger partial charge in [-0.05, 0) is 0 Å². The number of carbonyl (C=O) groups excluding carboxylic acids is 2. The third-order valence-corrected chi connectivity index (χ3v) is 30.4. The van der Waals surface area contributed by atoms with Crippen LogP contribution in [0.15, 0.2) is 0 Å². The Morgan fingerprint density at radius 3 is 1.21 bits per heavy atom. The molecule has 0 heterocycles. The monoisotopic (exact) mass is 672 g/mol. The number of halogens is 6. The molecular weight excluding hydrogens is 663 g/mol. The van der Waals surface area contributed by atoms with Gasteiger partial charge in [0.2, 0.25) is 0 Å². The summed E-state index contributed by atoms with van der Waals surface area (Å²) in [5.41, 5.74) is 0. The molecule has 0 fully saturated rings. The summed E-state index contributed by atoms with van der Waals surface area (Å²) in [5.74, 6) is -2.37. The zero-order valence-electron chi connectivity index (χ0n) is 9.81. The van der Waals surface area contributed by atoms with Gasteiger partial charge < -0.3 is 0 Å². The first-order valence-electron chi connectivity index (χ1n) is 4.73. The Morgan fingerprint density at radius 2 is 1.05 bits per heavy atom. The van der Waals surface area contributed by atoms with Crippen molar-refractivity contribution in [2.75, 3.05) is 0 Å². The molecule has 0 unspecified atom stereocenters. The molecule has 0 atom stereocenters. The van der Waals surface area contributed by atoms with Crippen molar-refractivity contribution >= 4 is 11.9 Å². The topological polar surface area (TPSA) is 52.6 Å². The van der Waals surface area contributed by atoms with E-state index in [0.717, 1.165) is 13.8 Å². The minimum absolute atomic E-state index is 0.736. The molecule has 0 N–H and O–H groups in total. The fraction of sp³-hybridized carbons (Fsp3) is 0.714. The summed E-state index contributed by atoms with van der Waals surface area (Å²) >= 11 is -8.45. The first-order chi connectivity index (χ1) is 8.33. The fourth-order valence-electron chi connectivity index (χ4n) is 0.979. The van der Waals surface area contributed by atoms with Gasteiger partial charge in [-0.15, -0.1) is 0 Å². The summed E-state index contributed by atoms with van der Waals surface area (Å²) in [5, 5.41) is 0. The number of alkyl halides is 6. The molecule has 4 nitrogen and oxygen atoms in total. The molecule has 0 aliphatic carbocycles. The molecule has 19 heavy (non-hydrogen) atoms. The van der Waals surface area contributed by atoms with Crippen molar-refractivity contribution in [3.05, 3.63) is 0 Å². The van der Waals surface area contributed by atoms with E-state index in [2.05, 4.69) is 5.29 Å². The van der Waals surface area contributed by atoms with Crippen LogP contribution in [-0.2, 0) is 64.9 Å². The second-order valence-corrected chi connectivity index (χ2v) is 32.6. The summed E-state index contributed by atoms with van der Waals surface area (Å²) in [6.07, 6.45) is -11.2. The summed E-state index contributed by atoms with van der Waals surface area (Å²) < 4.78 is 80.9. The predicted molar refractivity (Wildman–Crippen MR) is 38.3 cm³/mol. The Balaban J connectivity index is 5.46. The van der Waals surface area contributed by atoms with Gasteiger partial charge in [0.15, 0.2) is 0 Å². The van der Waals surface area contributed by atoms with E-state index in [1.54, 1.807) is 0 Å². The maximum absolute atomic E-state index is 12.8. The zero-order valence-corrected chi connectivity index (χ0v) is 20.8. The summed E-state index contributed by atoms with van der Waals surface area (Å²) in [4.78, 5) is 21.0. The summed E-state index contributed by atoms with van der Waals surface area (Å²) in [6, 6.07) is 0. The Hall–Kier alpha value is 0.390. The van der Waals surface area contributed by atoms with Gasteiger partial charge in [-0.2, -0.15) is 0 Å². The molecule has 0 amide bonds. The van der Waals surface area contributed by atoms with Crippen LogP contribution in [0.4, 0.5) is 26.3 Å². The third-order valence-electron chi connectivity index (χ3n) is 2.13. The molecule has 0 aromatic rings. The zero-order chi connectivity index (χ0) is 15.5. The van der Waals surface area contributed by atoms with Crippen molar-refractivity contribution in [3.8, 4) is 0 Å². The second kappa shape index (κ2) is 6.90. The van der Waals surface area contributed by atoms with Crippen LogP contribution >= 0.6 is 0 Å². The molecule has 0 aliphatic heterocycles. The van der Waals surface area contributed by atoms with E-state index < -0.39 is 74.8 Å². The molecule has 0 bridgehead atoms. The molecule has 104 valence electrons. The number of rotatable bonds is 4. The van der Waals surface area contributed by atoms with Crippen LogP contribution in [0.3, 0.4) is 0 Å². The molecular formula is C7H6F6Hg2O4. The number of hydrogen-bond acceptors (Lipinski definition) is 4. The normalized spacial score (nSPS) is 12.2. The molecule has 0 radical (unpaired) electrons. The van der Waals surface area contributed by atoms with Gasteiger partial charge in [-0.3, -0.25) is 0 Å². The molecule has 0 saturated heterocycles. The molecule has 12 heteroatoms. The average molecular weight is 669 g/mol. The SMILES string of the molecule is CC(=O)[O][Hg][C]([Hg][O]C(C)=O)(C(F)(F)F)C(F)(F)F. The Bertz CT molecular complexity index is 318. The van der Waals surface area contributed by atoms with Gasteiger partial charge in [0.25, 0.3) is 0 Å². The third kappa shape index (κ3) is 5.35. The van der Waals surface area contributed by atoms with Crippen molar-refractivity contribution in [1.29, 1.82) is 0 Å². The molecule has 0 spiro atoms. The molecule has 0 aromatic heterocycles. The van der Waals surface area contributed by atoms with Crippen LogP contribution in [0.5, 0.6) is 0 Å². The molecule has 0 rings (SSSR count). The van der Waals surface area contributed by atoms with Crippen LogP contribution in [-0.4, -0.2) is 24.3 Å². The van der Waals surface area contributed by atoms with E-state index >= 15 is 0 Å². The van der Waals surface area contributed by atoms with E-state index in [0.29, 0.717) is 0 Å². The maximum atomic E-state index is 12.8. The molecule has 0 aliphatic rings. The van der Waals surface area contributed by atoms with Gasteiger partial charge >= 0.3 is 130 Å². The van der Waals surface area contributed by atoms with Crippen molar-refractivity contribution < 1.29 is 91.3 Å². The first-order valence-corrected chi connectivity index (χ1v) is 14.7. The van der Waals surface area contributed by atoms with Crippen molar-refractivity contribution in [1.82, 2.24) is 0 Å². The van der Waals surface area contributed by atoms with E-state index in [1.165, 1.54) is 0 Å². The van der Waals surface area contributed by atoms with Crippen LogP contribution in [0, 0.1) is 0 Å². The minimum atomic E-state index is -5.61. The van der Waals surface area contributed by atoms with Crippen LogP contribution in [0.2, 0.25) is 0.432 Å². The fourth-order valence-corrected chi connectivity index (χ4v) is 17.2. The van der Waals surface area contributed by atoms with E-state index in [4.69, 9.17) is 0 Å². The van der Waals surface area contributed by atoms with Gasteiger partial charge in [-0.25, -0.2) is 0 Å². The van der Waals surface area contributed by atoms with Gasteiger partial charge in [0, 0.05) is 0 Å². The number of carbonyl (C=O) groups is 2. The van der Waals surface area contributed by atoms with E-state index in [1.807, 2.05) is 0 Å². The van der Waals surface area contributed by atoms with E-state index in [-0.39, 0.29) is 0 Å². The average Bonchev–Trinajstić information content (AvgIpc) is 2.12. The summed E-state index contributed by atoms with van der Waals surface area (Å²) in [6.45, 7) is 1.47. The molecule has 0 aromatic carbocycles. The van der Waals surface area contributed by atoms with Crippen molar-refractivity contribution in [2.24, 2.45) is 0 Å². The molecule has 0 saturated carbocycles. The van der Waals surface area contributed by atoms with Crippen molar-refractivity contribution in [3.63, 3.8) is 0 Å².